The highest BCUT2D eigenvalue weighted by atomic mass is 32.1. The number of rotatable bonds is 10. The molecule has 0 fully saturated rings. The Morgan fingerprint density at radius 2 is 1.95 bits per heavy atom. The van der Waals surface area contributed by atoms with Gasteiger partial charge in [-0.05, 0) is 91.8 Å². The average molecular weight is 553 g/mol. The largest absolute Gasteiger partial charge is 0.492 e. The standard InChI is InChI=1S/C32H32N4O3S/c1-4-14-35(3)16-17-39-26-10-8-23-12-15-36(32(38)27(23)21-26)29-20-25(9-7-22(29)2)34-31(37)24-11-13-33-28(19-24)30-6-5-18-40-30/h5-13,15,18-21H,4,14,16-17H2,1-3H3,(H,34,37). The summed E-state index contributed by atoms with van der Waals surface area (Å²) in [6.07, 6.45) is 4.51. The van der Waals surface area contributed by atoms with E-state index in [1.807, 2.05) is 66.9 Å². The average Bonchev–Trinajstić information content (AvgIpc) is 3.50. The van der Waals surface area contributed by atoms with Crippen molar-refractivity contribution in [2.45, 2.75) is 20.3 Å². The molecule has 0 spiro atoms. The van der Waals surface area contributed by atoms with E-state index < -0.39 is 0 Å². The number of nitrogens with one attached hydrogen (secondary N) is 1. The van der Waals surface area contributed by atoms with Gasteiger partial charge in [0.1, 0.15) is 12.4 Å². The predicted octanol–water partition coefficient (Wildman–Crippen LogP) is 6.40. The van der Waals surface area contributed by atoms with Gasteiger partial charge in [-0.3, -0.25) is 19.1 Å². The van der Waals surface area contributed by atoms with Crippen LogP contribution in [0, 0.1) is 6.92 Å². The van der Waals surface area contributed by atoms with Crippen LogP contribution in [0.2, 0.25) is 0 Å². The molecule has 0 aliphatic carbocycles. The van der Waals surface area contributed by atoms with Crippen LogP contribution in [0.4, 0.5) is 5.69 Å². The Bertz CT molecular complexity index is 1690. The van der Waals surface area contributed by atoms with Crippen LogP contribution in [0.1, 0.15) is 29.3 Å². The summed E-state index contributed by atoms with van der Waals surface area (Å²) in [6, 6.07) is 20.5. The highest BCUT2D eigenvalue weighted by Crippen LogP contribution is 2.25. The molecule has 0 radical (unpaired) electrons. The Kier molecular flexibility index (Phi) is 8.38. The first-order valence-corrected chi connectivity index (χ1v) is 14.2. The predicted molar refractivity (Wildman–Crippen MR) is 163 cm³/mol. The third kappa shape index (κ3) is 6.14. The quantitative estimate of drug-likeness (QED) is 0.217. The summed E-state index contributed by atoms with van der Waals surface area (Å²) in [5.41, 5.74) is 3.33. The monoisotopic (exact) mass is 552 g/mol. The zero-order valence-corrected chi connectivity index (χ0v) is 23.7. The molecule has 1 N–H and O–H groups in total. The fraction of sp³-hybridized carbons (Fsp3) is 0.219. The van der Waals surface area contributed by atoms with Crippen LogP contribution >= 0.6 is 11.3 Å². The molecule has 0 bridgehead atoms. The minimum atomic E-state index is -0.243. The highest BCUT2D eigenvalue weighted by Gasteiger charge is 2.13. The number of nitrogens with zero attached hydrogens (tertiary/aromatic N) is 3. The zero-order valence-electron chi connectivity index (χ0n) is 22.9. The number of amides is 1. The molecule has 0 aliphatic rings. The maximum absolute atomic E-state index is 13.6. The van der Waals surface area contributed by atoms with E-state index in [0.717, 1.165) is 41.0 Å². The molecule has 7 nitrogen and oxygen atoms in total. The van der Waals surface area contributed by atoms with Gasteiger partial charge in [-0.25, -0.2) is 0 Å². The van der Waals surface area contributed by atoms with Crippen LogP contribution in [0.3, 0.4) is 0 Å². The topological polar surface area (TPSA) is 76.5 Å². The molecule has 5 rings (SSSR count). The van der Waals surface area contributed by atoms with E-state index in [0.29, 0.717) is 34.7 Å². The second-order valence-electron chi connectivity index (χ2n) is 9.75. The SMILES string of the molecule is CCCN(C)CCOc1ccc2ccn(-c3cc(NC(=O)c4ccnc(-c5cccs5)c4)ccc3C)c(=O)c2c1. The van der Waals surface area contributed by atoms with Crippen LogP contribution in [0.25, 0.3) is 27.0 Å². The summed E-state index contributed by atoms with van der Waals surface area (Å²) >= 11 is 1.57. The number of thiophene rings is 1. The summed E-state index contributed by atoms with van der Waals surface area (Å²) in [7, 11) is 2.07. The summed E-state index contributed by atoms with van der Waals surface area (Å²) < 4.78 is 7.57. The van der Waals surface area contributed by atoms with Crippen molar-refractivity contribution >= 4 is 33.7 Å². The molecule has 0 aliphatic heterocycles. The lowest BCUT2D eigenvalue weighted by Gasteiger charge is -2.16. The lowest BCUT2D eigenvalue weighted by Crippen LogP contribution is -2.25. The minimum absolute atomic E-state index is 0.146. The van der Waals surface area contributed by atoms with Gasteiger partial charge >= 0.3 is 0 Å². The van der Waals surface area contributed by atoms with Crippen LogP contribution < -0.4 is 15.6 Å². The van der Waals surface area contributed by atoms with Crippen molar-refractivity contribution in [3.05, 3.63) is 106 Å². The third-order valence-electron chi connectivity index (χ3n) is 6.75. The maximum atomic E-state index is 13.6. The van der Waals surface area contributed by atoms with Crippen molar-refractivity contribution < 1.29 is 9.53 Å². The van der Waals surface area contributed by atoms with E-state index in [9.17, 15) is 9.59 Å². The molecule has 3 aromatic heterocycles. The van der Waals surface area contributed by atoms with E-state index in [-0.39, 0.29) is 11.5 Å². The fourth-order valence-electron chi connectivity index (χ4n) is 4.59. The molecule has 40 heavy (non-hydrogen) atoms. The number of fused-ring (bicyclic) bond motifs is 1. The number of pyridine rings is 2. The first kappa shape index (κ1) is 27.3. The summed E-state index contributed by atoms with van der Waals surface area (Å²) in [5.74, 6) is 0.427. The number of hydrogen-bond acceptors (Lipinski definition) is 6. The molecule has 0 saturated heterocycles. The van der Waals surface area contributed by atoms with Gasteiger partial charge in [0.2, 0.25) is 0 Å². The van der Waals surface area contributed by atoms with Gasteiger partial charge < -0.3 is 15.0 Å². The molecule has 0 atom stereocenters. The third-order valence-corrected chi connectivity index (χ3v) is 7.64. The van der Waals surface area contributed by atoms with Crippen molar-refractivity contribution in [1.82, 2.24) is 14.5 Å². The highest BCUT2D eigenvalue weighted by molar-refractivity contribution is 7.13. The van der Waals surface area contributed by atoms with Crippen molar-refractivity contribution in [1.29, 1.82) is 0 Å². The summed E-state index contributed by atoms with van der Waals surface area (Å²) in [5, 5.41) is 6.37. The minimum Gasteiger partial charge on any atom is -0.492 e. The van der Waals surface area contributed by atoms with Crippen molar-refractivity contribution in [3.63, 3.8) is 0 Å². The zero-order chi connectivity index (χ0) is 28.1. The molecule has 2 aromatic carbocycles. The van der Waals surface area contributed by atoms with Gasteiger partial charge in [-0.2, -0.15) is 0 Å². The van der Waals surface area contributed by atoms with Gasteiger partial charge in [0.15, 0.2) is 0 Å². The molecule has 0 unspecified atom stereocenters. The van der Waals surface area contributed by atoms with Crippen LogP contribution in [-0.4, -0.2) is 47.1 Å². The normalized spacial score (nSPS) is 11.2. The van der Waals surface area contributed by atoms with Crippen LogP contribution in [0.5, 0.6) is 5.75 Å². The molecule has 1 amide bonds. The number of aryl methyl sites for hydroxylation is 1. The number of hydrogen-bond donors (Lipinski definition) is 1. The first-order valence-electron chi connectivity index (χ1n) is 13.3. The Morgan fingerprint density at radius 1 is 1.07 bits per heavy atom. The van der Waals surface area contributed by atoms with Gasteiger partial charge in [0, 0.05) is 30.2 Å². The van der Waals surface area contributed by atoms with Gasteiger partial charge in [-0.1, -0.05) is 25.1 Å². The number of aromatic nitrogens is 2. The lowest BCUT2D eigenvalue weighted by atomic mass is 10.1. The summed E-state index contributed by atoms with van der Waals surface area (Å²) in [6.45, 7) is 6.48. The fourth-order valence-corrected chi connectivity index (χ4v) is 5.28. The van der Waals surface area contributed by atoms with Crippen molar-refractivity contribution in [2.75, 3.05) is 32.1 Å². The molecular formula is C32H32N4O3S. The van der Waals surface area contributed by atoms with E-state index >= 15 is 0 Å². The number of anilines is 1. The second-order valence-corrected chi connectivity index (χ2v) is 10.7. The van der Waals surface area contributed by atoms with Crippen LogP contribution in [-0.2, 0) is 0 Å². The van der Waals surface area contributed by atoms with Crippen LogP contribution in [0.15, 0.2) is 89.3 Å². The Hall–Kier alpha value is -4.27. The van der Waals surface area contributed by atoms with Gasteiger partial charge in [0.25, 0.3) is 11.5 Å². The molecule has 204 valence electrons. The Balaban J connectivity index is 1.38. The number of likely N-dealkylation sites (N-methyl/N-ethyl adjacent to an activating group) is 1. The number of carbonyl (C=O) groups excluding carboxylic acids is 1. The number of ether oxygens (including phenoxy) is 1. The summed E-state index contributed by atoms with van der Waals surface area (Å²) in [4.78, 5) is 34.3. The maximum Gasteiger partial charge on any atom is 0.263 e. The molecule has 8 heteroatoms. The Morgan fingerprint density at radius 3 is 2.75 bits per heavy atom. The van der Waals surface area contributed by atoms with Crippen molar-refractivity contribution in [3.8, 4) is 22.0 Å². The number of benzene rings is 2. The van der Waals surface area contributed by atoms with E-state index in [2.05, 4.69) is 29.2 Å². The molecular weight excluding hydrogens is 520 g/mol. The molecule has 0 saturated carbocycles. The van der Waals surface area contributed by atoms with Gasteiger partial charge in [0.05, 0.1) is 21.6 Å². The van der Waals surface area contributed by atoms with E-state index in [1.54, 1.807) is 40.4 Å². The van der Waals surface area contributed by atoms with Crippen molar-refractivity contribution in [2.24, 2.45) is 0 Å². The smallest absolute Gasteiger partial charge is 0.263 e. The molecule has 5 aromatic rings. The second kappa shape index (κ2) is 12.3. The molecule has 3 heterocycles. The van der Waals surface area contributed by atoms with E-state index in [1.165, 1.54) is 0 Å². The van der Waals surface area contributed by atoms with Gasteiger partial charge in [-0.15, -0.1) is 11.3 Å². The Labute approximate surface area is 237 Å². The number of carbonyl (C=O) groups is 1. The van der Waals surface area contributed by atoms with E-state index in [4.69, 9.17) is 4.74 Å². The first-order chi connectivity index (χ1) is 19.4. The lowest BCUT2D eigenvalue weighted by molar-refractivity contribution is 0.102.